The largest absolute Gasteiger partial charge is 0.343 e. The minimum atomic E-state index is 0.502. The lowest BCUT2D eigenvalue weighted by atomic mass is 10.1. The normalized spacial score (nSPS) is 11.9. The third-order valence-electron chi connectivity index (χ3n) is 4.41. The lowest BCUT2D eigenvalue weighted by Crippen LogP contribution is -2.10. The molecule has 4 aromatic rings. The Labute approximate surface area is 182 Å². The van der Waals surface area contributed by atoms with Gasteiger partial charge < -0.3 is 4.57 Å². The molecule has 6 heteroatoms. The maximum absolute atomic E-state index is 6.34. The van der Waals surface area contributed by atoms with Crippen molar-refractivity contribution in [1.29, 1.82) is 0 Å². The highest BCUT2D eigenvalue weighted by atomic mass is 35.5. The van der Waals surface area contributed by atoms with Gasteiger partial charge in [0.1, 0.15) is 0 Å². The van der Waals surface area contributed by atoms with Gasteiger partial charge in [-0.3, -0.25) is 0 Å². The number of aromatic nitrogens is 1. The van der Waals surface area contributed by atoms with E-state index >= 15 is 0 Å². The van der Waals surface area contributed by atoms with Crippen LogP contribution in [-0.2, 0) is 6.54 Å². The third kappa shape index (κ3) is 4.06. The summed E-state index contributed by atoms with van der Waals surface area (Å²) in [6.07, 6.45) is 1.98. The van der Waals surface area contributed by atoms with Crippen LogP contribution in [0.3, 0.4) is 0 Å². The van der Waals surface area contributed by atoms with Crippen molar-refractivity contribution in [3.8, 4) is 0 Å². The molecule has 0 fully saturated rings. The van der Waals surface area contributed by atoms with E-state index in [0.29, 0.717) is 27.3 Å². The number of nitrogens with zero attached hydrogens (tertiary/aromatic N) is 2. The minimum absolute atomic E-state index is 0.502. The summed E-state index contributed by atoms with van der Waals surface area (Å²) < 4.78 is 2.10. The first-order chi connectivity index (χ1) is 13.5. The second-order valence-corrected chi connectivity index (χ2v) is 7.98. The van der Waals surface area contributed by atoms with E-state index in [2.05, 4.69) is 4.57 Å². The van der Waals surface area contributed by atoms with Gasteiger partial charge in [-0.15, -0.1) is 0 Å². The van der Waals surface area contributed by atoms with Gasteiger partial charge in [0.05, 0.1) is 21.6 Å². The van der Waals surface area contributed by atoms with Crippen LogP contribution in [0.4, 0.5) is 5.69 Å². The number of pyridine rings is 1. The van der Waals surface area contributed by atoms with Gasteiger partial charge in [0.25, 0.3) is 0 Å². The van der Waals surface area contributed by atoms with Crippen molar-refractivity contribution < 1.29 is 0 Å². The zero-order valence-corrected chi connectivity index (χ0v) is 17.6. The number of hydrogen-bond donors (Lipinski definition) is 0. The van der Waals surface area contributed by atoms with Crippen LogP contribution in [0.25, 0.3) is 10.9 Å². The number of rotatable bonds is 3. The molecule has 0 atom stereocenters. The number of halogens is 4. The predicted molar refractivity (Wildman–Crippen MR) is 119 cm³/mol. The molecule has 0 saturated carbocycles. The van der Waals surface area contributed by atoms with Gasteiger partial charge >= 0.3 is 0 Å². The summed E-state index contributed by atoms with van der Waals surface area (Å²) in [5.41, 5.74) is 2.64. The molecule has 0 N–H and O–H groups in total. The Bertz CT molecular complexity index is 1240. The topological polar surface area (TPSA) is 17.3 Å². The molecule has 0 spiro atoms. The molecular weight excluding hydrogens is 434 g/mol. The Balaban J connectivity index is 1.89. The molecule has 0 aliphatic rings. The van der Waals surface area contributed by atoms with E-state index < -0.39 is 0 Å². The number of fused-ring (bicyclic) bond motifs is 1. The zero-order chi connectivity index (χ0) is 19.7. The van der Waals surface area contributed by atoms with E-state index in [1.165, 1.54) is 0 Å². The smallest absolute Gasteiger partial charge is 0.0824 e. The van der Waals surface area contributed by atoms with E-state index in [9.17, 15) is 0 Å². The summed E-state index contributed by atoms with van der Waals surface area (Å²) in [6.45, 7) is 0.624. The van der Waals surface area contributed by atoms with E-state index in [4.69, 9.17) is 51.4 Å². The number of benzene rings is 3. The van der Waals surface area contributed by atoms with E-state index in [-0.39, 0.29) is 0 Å². The predicted octanol–water partition coefficient (Wildman–Crippen LogP) is 7.54. The molecule has 0 aliphatic carbocycles. The highest BCUT2D eigenvalue weighted by Crippen LogP contribution is 2.28. The van der Waals surface area contributed by atoms with Gasteiger partial charge in [0.2, 0.25) is 0 Å². The summed E-state index contributed by atoms with van der Waals surface area (Å²) in [7, 11) is 0. The minimum Gasteiger partial charge on any atom is -0.343 e. The fourth-order valence-electron chi connectivity index (χ4n) is 3.04. The van der Waals surface area contributed by atoms with Crippen LogP contribution in [0, 0.1) is 0 Å². The van der Waals surface area contributed by atoms with Crippen molar-refractivity contribution >= 4 is 63.0 Å². The first-order valence-electron chi connectivity index (χ1n) is 8.53. The third-order valence-corrected chi connectivity index (χ3v) is 5.55. The van der Waals surface area contributed by atoms with Crippen molar-refractivity contribution in [2.24, 2.45) is 4.99 Å². The van der Waals surface area contributed by atoms with Crippen LogP contribution in [0.5, 0.6) is 0 Å². The first kappa shape index (κ1) is 19.4. The molecule has 28 heavy (non-hydrogen) atoms. The zero-order valence-electron chi connectivity index (χ0n) is 14.5. The molecule has 0 saturated heterocycles. The van der Waals surface area contributed by atoms with Gasteiger partial charge in [-0.05, 0) is 54.1 Å². The highest BCUT2D eigenvalue weighted by Gasteiger charge is 2.07. The van der Waals surface area contributed by atoms with Crippen molar-refractivity contribution in [1.82, 2.24) is 4.57 Å². The molecule has 2 nitrogen and oxygen atoms in total. The maximum atomic E-state index is 6.34. The molecule has 0 bridgehead atoms. The van der Waals surface area contributed by atoms with Gasteiger partial charge in [-0.2, -0.15) is 0 Å². The van der Waals surface area contributed by atoms with Crippen molar-refractivity contribution in [2.75, 3.05) is 0 Å². The Hall–Kier alpha value is -1.97. The molecule has 0 radical (unpaired) electrons. The summed E-state index contributed by atoms with van der Waals surface area (Å²) in [4.78, 5) is 4.73. The SMILES string of the molecule is Clc1ccc(N=c2ccn(Cc3ccccc3Cl)c3cc(Cl)ccc23)c(Cl)c1. The van der Waals surface area contributed by atoms with Gasteiger partial charge in [-0.25, -0.2) is 4.99 Å². The number of hydrogen-bond acceptors (Lipinski definition) is 1. The molecule has 0 aliphatic heterocycles. The fraction of sp³-hybridized carbons (Fsp3) is 0.0455. The molecule has 0 unspecified atom stereocenters. The van der Waals surface area contributed by atoms with E-state index in [0.717, 1.165) is 26.8 Å². The van der Waals surface area contributed by atoms with Crippen molar-refractivity contribution in [2.45, 2.75) is 6.54 Å². The maximum Gasteiger partial charge on any atom is 0.0824 e. The van der Waals surface area contributed by atoms with Crippen LogP contribution >= 0.6 is 46.4 Å². The fourth-order valence-corrected chi connectivity index (χ4v) is 3.85. The summed E-state index contributed by atoms with van der Waals surface area (Å²) >= 11 is 24.9. The molecule has 140 valence electrons. The molecule has 0 amide bonds. The molecule has 1 heterocycles. The molecule has 4 rings (SSSR count). The van der Waals surface area contributed by atoms with Crippen molar-refractivity contribution in [3.05, 3.63) is 104 Å². The Morgan fingerprint density at radius 2 is 1.50 bits per heavy atom. The summed E-state index contributed by atoms with van der Waals surface area (Å²) in [5, 5.41) is 4.22. The first-order valence-corrected chi connectivity index (χ1v) is 10.0. The second kappa shape index (κ2) is 8.18. The average molecular weight is 448 g/mol. The van der Waals surface area contributed by atoms with Crippen LogP contribution in [0.2, 0.25) is 20.1 Å². The Morgan fingerprint density at radius 1 is 0.750 bits per heavy atom. The Kier molecular flexibility index (Phi) is 5.65. The van der Waals surface area contributed by atoms with E-state index in [1.54, 1.807) is 18.2 Å². The van der Waals surface area contributed by atoms with Gasteiger partial charge in [0, 0.05) is 33.2 Å². The average Bonchev–Trinajstić information content (AvgIpc) is 2.67. The summed E-state index contributed by atoms with van der Waals surface area (Å²) in [6, 6.07) is 20.7. The van der Waals surface area contributed by atoms with Crippen LogP contribution < -0.4 is 5.36 Å². The van der Waals surface area contributed by atoms with Crippen LogP contribution in [0.15, 0.2) is 77.9 Å². The summed E-state index contributed by atoms with van der Waals surface area (Å²) in [5.74, 6) is 0. The second-order valence-electron chi connectivity index (χ2n) is 6.29. The quantitative estimate of drug-likeness (QED) is 0.308. The van der Waals surface area contributed by atoms with Crippen molar-refractivity contribution in [3.63, 3.8) is 0 Å². The molecule has 1 aromatic heterocycles. The van der Waals surface area contributed by atoms with Crippen LogP contribution in [0.1, 0.15) is 5.56 Å². The monoisotopic (exact) mass is 446 g/mol. The van der Waals surface area contributed by atoms with Crippen LogP contribution in [-0.4, -0.2) is 4.57 Å². The lowest BCUT2D eigenvalue weighted by Gasteiger charge is -2.13. The highest BCUT2D eigenvalue weighted by molar-refractivity contribution is 6.36. The van der Waals surface area contributed by atoms with E-state index in [1.807, 2.05) is 54.7 Å². The van der Waals surface area contributed by atoms with Gasteiger partial charge in [0.15, 0.2) is 0 Å². The van der Waals surface area contributed by atoms with Gasteiger partial charge in [-0.1, -0.05) is 64.6 Å². The molecular formula is C22H14Cl4N2. The molecule has 3 aromatic carbocycles. The standard InChI is InChI=1S/C22H14Cl4N2/c23-15-6-8-21(19(26)11-15)27-20-9-10-28(13-14-3-1-2-4-18(14)25)22-12-16(24)5-7-17(20)22/h1-12H,13H2. The lowest BCUT2D eigenvalue weighted by molar-refractivity contribution is 0.825. The Morgan fingerprint density at radius 3 is 2.29 bits per heavy atom.